The van der Waals surface area contributed by atoms with Crippen molar-refractivity contribution in [2.45, 2.75) is 12.5 Å². The van der Waals surface area contributed by atoms with E-state index in [4.69, 9.17) is 28.9 Å². The molecule has 0 radical (unpaired) electrons. The summed E-state index contributed by atoms with van der Waals surface area (Å²) in [6, 6.07) is 13.3. The highest BCUT2D eigenvalue weighted by molar-refractivity contribution is 9.10. The lowest BCUT2D eigenvalue weighted by Crippen LogP contribution is -2.13. The van der Waals surface area contributed by atoms with Crippen molar-refractivity contribution in [3.05, 3.63) is 68.1 Å². The van der Waals surface area contributed by atoms with Crippen LogP contribution in [0.15, 0.2) is 46.9 Å². The number of rotatable bonds is 3. The molecule has 0 spiro atoms. The van der Waals surface area contributed by atoms with E-state index < -0.39 is 0 Å². The predicted molar refractivity (Wildman–Crippen MR) is 81.2 cm³/mol. The number of hydrogen-bond donors (Lipinski definition) is 1. The highest BCUT2D eigenvalue weighted by atomic mass is 79.9. The maximum absolute atomic E-state index is 6.18. The summed E-state index contributed by atoms with van der Waals surface area (Å²) in [5, 5.41) is 1.38. The summed E-state index contributed by atoms with van der Waals surface area (Å²) in [4.78, 5) is 0. The molecule has 94 valence electrons. The van der Waals surface area contributed by atoms with Gasteiger partial charge in [0.25, 0.3) is 0 Å². The standard InChI is InChI=1S/C14H12BrCl2N/c15-11-3-1-9(2-4-11)14(18)8-10-7-12(16)5-6-13(10)17/h1-7,14H,8,18H2. The number of halogens is 3. The lowest BCUT2D eigenvalue weighted by molar-refractivity contribution is 0.722. The maximum Gasteiger partial charge on any atom is 0.0439 e. The predicted octanol–water partition coefficient (Wildman–Crippen LogP) is 5.00. The Morgan fingerprint density at radius 3 is 2.39 bits per heavy atom. The van der Waals surface area contributed by atoms with Gasteiger partial charge in [-0.05, 0) is 47.9 Å². The zero-order chi connectivity index (χ0) is 13.1. The molecule has 1 nitrogen and oxygen atoms in total. The average molecular weight is 345 g/mol. The third kappa shape index (κ3) is 3.48. The molecule has 2 N–H and O–H groups in total. The molecular formula is C14H12BrCl2N. The Kier molecular flexibility index (Phi) is 4.68. The van der Waals surface area contributed by atoms with Crippen LogP contribution in [0.1, 0.15) is 17.2 Å². The van der Waals surface area contributed by atoms with Crippen molar-refractivity contribution in [2.24, 2.45) is 5.73 Å². The van der Waals surface area contributed by atoms with E-state index >= 15 is 0 Å². The molecular weight excluding hydrogens is 333 g/mol. The van der Waals surface area contributed by atoms with Crippen LogP contribution in [-0.2, 0) is 6.42 Å². The fourth-order valence-corrected chi connectivity index (χ4v) is 2.42. The van der Waals surface area contributed by atoms with Crippen molar-refractivity contribution in [1.29, 1.82) is 0 Å². The molecule has 0 aliphatic heterocycles. The first-order valence-corrected chi connectivity index (χ1v) is 7.06. The molecule has 4 heteroatoms. The summed E-state index contributed by atoms with van der Waals surface area (Å²) in [7, 11) is 0. The van der Waals surface area contributed by atoms with Gasteiger partial charge < -0.3 is 5.73 Å². The minimum absolute atomic E-state index is 0.0888. The van der Waals surface area contributed by atoms with Gasteiger partial charge in [0.1, 0.15) is 0 Å². The lowest BCUT2D eigenvalue weighted by atomic mass is 10.00. The normalized spacial score (nSPS) is 12.4. The molecule has 0 fully saturated rings. The Labute approximate surface area is 125 Å². The van der Waals surface area contributed by atoms with Gasteiger partial charge in [0, 0.05) is 20.6 Å². The summed E-state index contributed by atoms with van der Waals surface area (Å²) in [6.07, 6.45) is 0.668. The minimum atomic E-state index is -0.0888. The van der Waals surface area contributed by atoms with E-state index in [0.29, 0.717) is 16.5 Å². The van der Waals surface area contributed by atoms with Gasteiger partial charge in [-0.2, -0.15) is 0 Å². The van der Waals surface area contributed by atoms with E-state index in [9.17, 15) is 0 Å². The second-order valence-corrected chi connectivity index (χ2v) is 5.86. The van der Waals surface area contributed by atoms with Crippen LogP contribution in [-0.4, -0.2) is 0 Å². The average Bonchev–Trinajstić information content (AvgIpc) is 2.34. The topological polar surface area (TPSA) is 26.0 Å². The van der Waals surface area contributed by atoms with Gasteiger partial charge in [0.05, 0.1) is 0 Å². The first kappa shape index (κ1) is 13.9. The van der Waals surface area contributed by atoms with Crippen LogP contribution in [0.3, 0.4) is 0 Å². The molecule has 0 aromatic heterocycles. The largest absolute Gasteiger partial charge is 0.324 e. The van der Waals surface area contributed by atoms with Crippen LogP contribution in [0, 0.1) is 0 Å². The van der Waals surface area contributed by atoms with Gasteiger partial charge >= 0.3 is 0 Å². The van der Waals surface area contributed by atoms with E-state index in [2.05, 4.69) is 15.9 Å². The van der Waals surface area contributed by atoms with E-state index in [0.717, 1.165) is 15.6 Å². The third-order valence-electron chi connectivity index (χ3n) is 2.75. The van der Waals surface area contributed by atoms with E-state index in [1.54, 1.807) is 12.1 Å². The molecule has 0 heterocycles. The molecule has 0 saturated heterocycles. The van der Waals surface area contributed by atoms with Crippen LogP contribution in [0.25, 0.3) is 0 Å². The minimum Gasteiger partial charge on any atom is -0.324 e. The molecule has 0 amide bonds. The second-order valence-electron chi connectivity index (χ2n) is 4.10. The maximum atomic E-state index is 6.18. The SMILES string of the molecule is NC(Cc1cc(Cl)ccc1Cl)c1ccc(Br)cc1. The third-order valence-corrected chi connectivity index (χ3v) is 3.88. The van der Waals surface area contributed by atoms with Crippen molar-refractivity contribution in [1.82, 2.24) is 0 Å². The second kappa shape index (κ2) is 6.07. The monoisotopic (exact) mass is 343 g/mol. The molecule has 0 saturated carbocycles. The Morgan fingerprint density at radius 2 is 1.72 bits per heavy atom. The molecule has 2 aromatic carbocycles. The molecule has 1 unspecified atom stereocenters. The van der Waals surface area contributed by atoms with Crippen LogP contribution in [0.2, 0.25) is 10.0 Å². The Hall–Kier alpha value is -0.540. The van der Waals surface area contributed by atoms with Crippen molar-refractivity contribution in [3.63, 3.8) is 0 Å². The number of benzene rings is 2. The molecule has 0 aliphatic carbocycles. The van der Waals surface area contributed by atoms with Gasteiger partial charge in [-0.25, -0.2) is 0 Å². The van der Waals surface area contributed by atoms with E-state index in [-0.39, 0.29) is 6.04 Å². The van der Waals surface area contributed by atoms with Gasteiger partial charge in [-0.3, -0.25) is 0 Å². The van der Waals surface area contributed by atoms with Gasteiger partial charge in [0.2, 0.25) is 0 Å². The van der Waals surface area contributed by atoms with Crippen LogP contribution < -0.4 is 5.73 Å². The molecule has 2 rings (SSSR count). The quantitative estimate of drug-likeness (QED) is 0.833. The summed E-state index contributed by atoms with van der Waals surface area (Å²) in [5.41, 5.74) is 8.23. The van der Waals surface area contributed by atoms with Crippen LogP contribution in [0.5, 0.6) is 0 Å². The highest BCUT2D eigenvalue weighted by Gasteiger charge is 2.10. The number of hydrogen-bond acceptors (Lipinski definition) is 1. The van der Waals surface area contributed by atoms with Gasteiger partial charge in [-0.15, -0.1) is 0 Å². The summed E-state index contributed by atoms with van der Waals surface area (Å²) < 4.78 is 1.04. The zero-order valence-electron chi connectivity index (χ0n) is 9.54. The van der Waals surface area contributed by atoms with Crippen molar-refractivity contribution in [3.8, 4) is 0 Å². The smallest absolute Gasteiger partial charge is 0.0439 e. The van der Waals surface area contributed by atoms with Crippen LogP contribution >= 0.6 is 39.1 Å². The molecule has 0 aliphatic rings. The Morgan fingerprint density at radius 1 is 1.06 bits per heavy atom. The van der Waals surface area contributed by atoms with Gasteiger partial charge in [0.15, 0.2) is 0 Å². The van der Waals surface area contributed by atoms with Crippen molar-refractivity contribution in [2.75, 3.05) is 0 Å². The molecule has 18 heavy (non-hydrogen) atoms. The molecule has 0 bridgehead atoms. The van der Waals surface area contributed by atoms with E-state index in [1.165, 1.54) is 0 Å². The first-order chi connectivity index (χ1) is 8.56. The first-order valence-electron chi connectivity index (χ1n) is 5.51. The highest BCUT2D eigenvalue weighted by Crippen LogP contribution is 2.25. The van der Waals surface area contributed by atoms with Crippen molar-refractivity contribution >= 4 is 39.1 Å². The Bertz CT molecular complexity index is 540. The lowest BCUT2D eigenvalue weighted by Gasteiger charge is -2.13. The van der Waals surface area contributed by atoms with Gasteiger partial charge in [-0.1, -0.05) is 51.3 Å². The fraction of sp³-hybridized carbons (Fsp3) is 0.143. The Balaban J connectivity index is 2.18. The number of nitrogens with two attached hydrogens (primary N) is 1. The summed E-state index contributed by atoms with van der Waals surface area (Å²) in [6.45, 7) is 0. The fourth-order valence-electron chi connectivity index (χ4n) is 1.76. The van der Waals surface area contributed by atoms with Crippen molar-refractivity contribution < 1.29 is 0 Å². The zero-order valence-corrected chi connectivity index (χ0v) is 12.6. The molecule has 2 aromatic rings. The summed E-state index contributed by atoms with van der Waals surface area (Å²) >= 11 is 15.5. The summed E-state index contributed by atoms with van der Waals surface area (Å²) in [5.74, 6) is 0. The van der Waals surface area contributed by atoms with Crippen LogP contribution in [0.4, 0.5) is 0 Å². The molecule has 1 atom stereocenters. The van der Waals surface area contributed by atoms with E-state index in [1.807, 2.05) is 30.3 Å².